The number of hydrogen-bond acceptors (Lipinski definition) is 7. The van der Waals surface area contributed by atoms with Crippen LogP contribution in [0, 0.1) is 15.9 Å². The highest BCUT2D eigenvalue weighted by Crippen LogP contribution is 2.20. The van der Waals surface area contributed by atoms with E-state index >= 15 is 0 Å². The molecular weight excluding hydrogens is 435 g/mol. The standard InChI is InChI=1S/C22H15FN4O6/c23-15-7-9-16(10-8-15)25-20(28)21(29)26-24-13-14-5-11-17(12-6-14)33-22(30)18-3-1-2-4-19(18)27(31)32/h1-13H,(H,25,28)(H,26,29)/b24-13+. The summed E-state index contributed by atoms with van der Waals surface area (Å²) in [5.74, 6) is -3.26. The number of nitrogens with one attached hydrogen (secondary N) is 2. The minimum atomic E-state index is -1.04. The lowest BCUT2D eigenvalue weighted by Gasteiger charge is -2.05. The molecule has 11 heteroatoms. The van der Waals surface area contributed by atoms with Crippen molar-refractivity contribution in [3.8, 4) is 5.75 Å². The second-order valence-electron chi connectivity index (χ2n) is 6.39. The first-order chi connectivity index (χ1) is 15.8. The summed E-state index contributed by atoms with van der Waals surface area (Å²) in [6.45, 7) is 0. The summed E-state index contributed by atoms with van der Waals surface area (Å²) in [7, 11) is 0. The number of halogens is 1. The van der Waals surface area contributed by atoms with Crippen molar-refractivity contribution >= 4 is 35.4 Å². The Balaban J connectivity index is 1.54. The Hall–Kier alpha value is -4.93. The van der Waals surface area contributed by atoms with Crippen LogP contribution in [0.2, 0.25) is 0 Å². The lowest BCUT2D eigenvalue weighted by molar-refractivity contribution is -0.385. The predicted molar refractivity (Wildman–Crippen MR) is 115 cm³/mol. The highest BCUT2D eigenvalue weighted by molar-refractivity contribution is 6.39. The van der Waals surface area contributed by atoms with Gasteiger partial charge in [0, 0.05) is 11.8 Å². The summed E-state index contributed by atoms with van der Waals surface area (Å²) < 4.78 is 18.0. The quantitative estimate of drug-likeness (QED) is 0.148. The molecule has 0 aliphatic rings. The average molecular weight is 450 g/mol. The van der Waals surface area contributed by atoms with Crippen molar-refractivity contribution < 1.29 is 28.4 Å². The minimum absolute atomic E-state index is 0.137. The predicted octanol–water partition coefficient (Wildman–Crippen LogP) is 3.04. The van der Waals surface area contributed by atoms with E-state index in [1.807, 2.05) is 5.43 Å². The van der Waals surface area contributed by atoms with Crippen molar-refractivity contribution in [1.82, 2.24) is 5.43 Å². The van der Waals surface area contributed by atoms with Gasteiger partial charge in [0.2, 0.25) is 0 Å². The fourth-order valence-electron chi connectivity index (χ4n) is 2.53. The van der Waals surface area contributed by atoms with Crippen LogP contribution in [0.15, 0.2) is 77.9 Å². The van der Waals surface area contributed by atoms with Crippen LogP contribution in [0.5, 0.6) is 5.75 Å². The van der Waals surface area contributed by atoms with Gasteiger partial charge in [0.05, 0.1) is 11.1 Å². The van der Waals surface area contributed by atoms with E-state index in [1.165, 1.54) is 66.9 Å². The summed E-state index contributed by atoms with van der Waals surface area (Å²) in [6, 6.07) is 16.1. The van der Waals surface area contributed by atoms with E-state index in [-0.39, 0.29) is 22.7 Å². The fraction of sp³-hybridized carbons (Fsp3) is 0. The van der Waals surface area contributed by atoms with Gasteiger partial charge in [-0.05, 0) is 60.2 Å². The maximum absolute atomic E-state index is 12.9. The topological polar surface area (TPSA) is 140 Å². The Bertz CT molecular complexity index is 1230. The number of anilines is 1. The SMILES string of the molecule is O=C(N/N=C/c1ccc(OC(=O)c2ccccc2[N+](=O)[O-])cc1)C(=O)Nc1ccc(F)cc1. The third kappa shape index (κ3) is 6.28. The highest BCUT2D eigenvalue weighted by Gasteiger charge is 2.21. The molecule has 3 rings (SSSR count). The summed E-state index contributed by atoms with van der Waals surface area (Å²) in [4.78, 5) is 46.1. The largest absolute Gasteiger partial charge is 0.423 e. The van der Waals surface area contributed by atoms with Gasteiger partial charge >= 0.3 is 17.8 Å². The van der Waals surface area contributed by atoms with Crippen LogP contribution < -0.4 is 15.5 Å². The van der Waals surface area contributed by atoms with Gasteiger partial charge in [0.1, 0.15) is 17.1 Å². The number of amides is 2. The first-order valence-corrected chi connectivity index (χ1v) is 9.29. The molecule has 3 aromatic rings. The Morgan fingerprint density at radius 2 is 1.61 bits per heavy atom. The van der Waals surface area contributed by atoms with Gasteiger partial charge in [0.25, 0.3) is 5.69 Å². The van der Waals surface area contributed by atoms with Gasteiger partial charge in [-0.3, -0.25) is 19.7 Å². The van der Waals surface area contributed by atoms with Crippen molar-refractivity contribution in [2.75, 3.05) is 5.32 Å². The maximum atomic E-state index is 12.9. The maximum Gasteiger partial charge on any atom is 0.350 e. The van der Waals surface area contributed by atoms with Crippen LogP contribution in [0.25, 0.3) is 0 Å². The average Bonchev–Trinajstić information content (AvgIpc) is 2.81. The van der Waals surface area contributed by atoms with E-state index in [4.69, 9.17) is 4.74 Å². The molecule has 0 heterocycles. The molecule has 2 amide bonds. The molecule has 2 N–H and O–H groups in total. The zero-order valence-electron chi connectivity index (χ0n) is 16.7. The number of nitro groups is 1. The molecule has 0 aliphatic carbocycles. The molecule has 33 heavy (non-hydrogen) atoms. The van der Waals surface area contributed by atoms with Gasteiger partial charge in [-0.25, -0.2) is 14.6 Å². The first kappa shape index (κ1) is 22.7. The van der Waals surface area contributed by atoms with Crippen LogP contribution in [-0.2, 0) is 9.59 Å². The summed E-state index contributed by atoms with van der Waals surface area (Å²) in [5, 5.41) is 17.0. The van der Waals surface area contributed by atoms with Gasteiger partial charge in [-0.2, -0.15) is 5.10 Å². The van der Waals surface area contributed by atoms with Crippen LogP contribution in [0.4, 0.5) is 15.8 Å². The van der Waals surface area contributed by atoms with E-state index in [0.29, 0.717) is 5.56 Å². The zero-order chi connectivity index (χ0) is 23.8. The summed E-state index contributed by atoms with van der Waals surface area (Å²) in [5.41, 5.74) is 2.23. The molecule has 0 bridgehead atoms. The zero-order valence-corrected chi connectivity index (χ0v) is 16.7. The van der Waals surface area contributed by atoms with E-state index in [1.54, 1.807) is 0 Å². The van der Waals surface area contributed by atoms with Gasteiger partial charge in [-0.15, -0.1) is 0 Å². The van der Waals surface area contributed by atoms with E-state index in [2.05, 4.69) is 10.4 Å². The minimum Gasteiger partial charge on any atom is -0.423 e. The number of nitro benzene ring substituents is 1. The second-order valence-corrected chi connectivity index (χ2v) is 6.39. The van der Waals surface area contributed by atoms with Crippen LogP contribution in [0.3, 0.4) is 0 Å². The number of ether oxygens (including phenoxy) is 1. The van der Waals surface area contributed by atoms with Crippen molar-refractivity contribution in [1.29, 1.82) is 0 Å². The molecule has 0 atom stereocenters. The molecule has 0 spiro atoms. The Kier molecular flexibility index (Phi) is 7.17. The van der Waals surface area contributed by atoms with E-state index in [9.17, 15) is 28.9 Å². The Morgan fingerprint density at radius 1 is 0.939 bits per heavy atom. The lowest BCUT2D eigenvalue weighted by atomic mass is 10.2. The highest BCUT2D eigenvalue weighted by atomic mass is 19.1. The molecule has 0 radical (unpaired) electrons. The van der Waals surface area contributed by atoms with Crippen LogP contribution in [-0.4, -0.2) is 28.9 Å². The molecule has 0 saturated carbocycles. The molecule has 0 aromatic heterocycles. The van der Waals surface area contributed by atoms with Gasteiger partial charge < -0.3 is 10.1 Å². The molecule has 0 saturated heterocycles. The molecule has 10 nitrogen and oxygen atoms in total. The number of nitrogens with zero attached hydrogens (tertiary/aromatic N) is 2. The number of benzene rings is 3. The monoisotopic (exact) mass is 450 g/mol. The van der Waals surface area contributed by atoms with E-state index in [0.717, 1.165) is 12.1 Å². The number of carbonyl (C=O) groups is 3. The normalized spacial score (nSPS) is 10.5. The van der Waals surface area contributed by atoms with Gasteiger partial charge in [0.15, 0.2) is 0 Å². The van der Waals surface area contributed by atoms with Crippen LogP contribution in [0.1, 0.15) is 15.9 Å². The summed E-state index contributed by atoms with van der Waals surface area (Å²) in [6.07, 6.45) is 1.25. The third-order valence-electron chi connectivity index (χ3n) is 4.10. The van der Waals surface area contributed by atoms with Crippen molar-refractivity contribution in [2.24, 2.45) is 5.10 Å². The third-order valence-corrected chi connectivity index (χ3v) is 4.10. The number of para-hydroxylation sites is 1. The molecule has 0 fully saturated rings. The summed E-state index contributed by atoms with van der Waals surface area (Å²) >= 11 is 0. The first-order valence-electron chi connectivity index (χ1n) is 9.29. The Labute approximate surface area is 185 Å². The number of carbonyl (C=O) groups excluding carboxylic acids is 3. The molecule has 0 unspecified atom stereocenters. The van der Waals surface area contributed by atoms with E-state index < -0.39 is 28.5 Å². The van der Waals surface area contributed by atoms with Crippen LogP contribution >= 0.6 is 0 Å². The Morgan fingerprint density at radius 3 is 2.27 bits per heavy atom. The van der Waals surface area contributed by atoms with Crippen molar-refractivity contribution in [3.63, 3.8) is 0 Å². The number of hydrogen-bond donors (Lipinski definition) is 2. The van der Waals surface area contributed by atoms with Crippen molar-refractivity contribution in [3.05, 3.63) is 99.9 Å². The number of hydrazone groups is 1. The van der Waals surface area contributed by atoms with Gasteiger partial charge in [-0.1, -0.05) is 12.1 Å². The fourth-order valence-corrected chi connectivity index (χ4v) is 2.53. The molecule has 0 aliphatic heterocycles. The van der Waals surface area contributed by atoms with Crippen molar-refractivity contribution in [2.45, 2.75) is 0 Å². The molecule has 3 aromatic carbocycles. The number of esters is 1. The lowest BCUT2D eigenvalue weighted by Crippen LogP contribution is -2.32. The molecule has 166 valence electrons. The molecular formula is C22H15FN4O6. The second kappa shape index (κ2) is 10.4. The number of rotatable bonds is 6. The smallest absolute Gasteiger partial charge is 0.350 e.